The number of hydrogen-bond acceptors (Lipinski definition) is 3. The van der Waals surface area contributed by atoms with Crippen molar-refractivity contribution in [1.29, 1.82) is 0 Å². The summed E-state index contributed by atoms with van der Waals surface area (Å²) in [5.41, 5.74) is 2.50. The molecule has 0 saturated carbocycles. The van der Waals surface area contributed by atoms with Gasteiger partial charge >= 0.3 is 7.60 Å². The molecule has 0 aliphatic carbocycles. The molecule has 70 valence electrons. The highest BCUT2D eigenvalue weighted by Crippen LogP contribution is 2.46. The van der Waals surface area contributed by atoms with Gasteiger partial charge in [-0.1, -0.05) is 28.5 Å². The van der Waals surface area contributed by atoms with Crippen LogP contribution in [0.15, 0.2) is 0 Å². The van der Waals surface area contributed by atoms with E-state index in [1.165, 1.54) is 0 Å². The third-order valence-corrected chi connectivity index (χ3v) is 2.89. The van der Waals surface area contributed by atoms with E-state index in [1.54, 1.807) is 13.8 Å². The van der Waals surface area contributed by atoms with E-state index in [4.69, 9.17) is 9.05 Å². The van der Waals surface area contributed by atoms with Gasteiger partial charge in [0.15, 0.2) is 0 Å². The van der Waals surface area contributed by atoms with Gasteiger partial charge in [-0.05, 0) is 13.8 Å². The second-order valence-electron chi connectivity index (χ2n) is 1.76. The smallest absolute Gasteiger partial charge is 0.300 e. The van der Waals surface area contributed by atoms with Gasteiger partial charge < -0.3 is 0 Å². The zero-order chi connectivity index (χ0) is 9.45. The summed E-state index contributed by atoms with van der Waals surface area (Å²) in [6.07, 6.45) is 0. The predicted octanol–water partition coefficient (Wildman–Crippen LogP) is 2.65. The van der Waals surface area contributed by atoms with Crippen molar-refractivity contribution < 1.29 is 13.6 Å². The van der Waals surface area contributed by atoms with Crippen LogP contribution in [0.4, 0.5) is 0 Å². The van der Waals surface area contributed by atoms with Crippen molar-refractivity contribution in [2.24, 2.45) is 0 Å². The first-order valence-corrected chi connectivity index (χ1v) is 6.70. The Labute approximate surface area is 86.9 Å². The molecule has 0 bridgehead atoms. The minimum Gasteiger partial charge on any atom is -0.300 e. The first-order valence-electron chi connectivity index (χ1n) is 3.63. The Hall–Kier alpha value is 0.440. The minimum atomic E-state index is -3.10. The molecular formula is C7H12IO3P. The van der Waals surface area contributed by atoms with Crippen LogP contribution in [-0.2, 0) is 13.6 Å². The average molecular weight is 302 g/mol. The van der Waals surface area contributed by atoms with E-state index in [9.17, 15) is 4.57 Å². The number of halogens is 1. The Morgan fingerprint density at radius 3 is 2.17 bits per heavy atom. The molecule has 12 heavy (non-hydrogen) atoms. The van der Waals surface area contributed by atoms with Gasteiger partial charge in [-0.15, -0.1) is 0 Å². The molecule has 0 atom stereocenters. The lowest BCUT2D eigenvalue weighted by molar-refractivity contribution is 0.230. The highest BCUT2D eigenvalue weighted by molar-refractivity contribution is 14.1. The third kappa shape index (κ3) is 5.15. The van der Waals surface area contributed by atoms with Crippen LogP contribution in [0.5, 0.6) is 0 Å². The third-order valence-electron chi connectivity index (χ3n) is 0.881. The lowest BCUT2D eigenvalue weighted by Crippen LogP contribution is -1.92. The summed E-state index contributed by atoms with van der Waals surface area (Å²) in [5.74, 6) is 2.68. The molecule has 3 nitrogen and oxygen atoms in total. The van der Waals surface area contributed by atoms with Gasteiger partial charge in [0.05, 0.1) is 17.6 Å². The van der Waals surface area contributed by atoms with Crippen LogP contribution >= 0.6 is 30.2 Å². The van der Waals surface area contributed by atoms with Crippen molar-refractivity contribution in [3.63, 3.8) is 0 Å². The van der Waals surface area contributed by atoms with Crippen molar-refractivity contribution in [3.05, 3.63) is 0 Å². The van der Waals surface area contributed by atoms with Crippen molar-refractivity contribution in [3.8, 4) is 11.6 Å². The maximum absolute atomic E-state index is 11.6. The van der Waals surface area contributed by atoms with Crippen LogP contribution in [0, 0.1) is 11.6 Å². The molecule has 0 unspecified atom stereocenters. The van der Waals surface area contributed by atoms with Gasteiger partial charge in [0.25, 0.3) is 0 Å². The second-order valence-corrected chi connectivity index (χ2v) is 4.25. The van der Waals surface area contributed by atoms with E-state index in [2.05, 4.69) is 34.2 Å². The number of rotatable bonds is 4. The van der Waals surface area contributed by atoms with Gasteiger partial charge in [-0.2, -0.15) is 0 Å². The Kier molecular flexibility index (Phi) is 7.16. The van der Waals surface area contributed by atoms with E-state index in [0.29, 0.717) is 17.6 Å². The zero-order valence-corrected chi connectivity index (χ0v) is 10.2. The first kappa shape index (κ1) is 12.4. The summed E-state index contributed by atoms with van der Waals surface area (Å²) in [7, 11) is -3.10. The molecule has 0 aliphatic rings. The first-order chi connectivity index (χ1) is 5.68. The van der Waals surface area contributed by atoms with E-state index in [0.717, 1.165) is 0 Å². The summed E-state index contributed by atoms with van der Waals surface area (Å²) in [6.45, 7) is 4.23. The molecule has 0 fully saturated rings. The fourth-order valence-electron chi connectivity index (χ4n) is 0.568. The molecule has 0 heterocycles. The maximum atomic E-state index is 11.6. The number of hydrogen-bond donors (Lipinski definition) is 0. The molecule has 0 radical (unpaired) electrons. The van der Waals surface area contributed by atoms with Gasteiger partial charge in [0, 0.05) is 5.66 Å². The lowest BCUT2D eigenvalue weighted by Gasteiger charge is -2.09. The second kappa shape index (κ2) is 6.90. The molecular weight excluding hydrogens is 290 g/mol. The fraction of sp³-hybridized carbons (Fsp3) is 0.714. The molecule has 0 saturated heterocycles. The normalized spacial score (nSPS) is 10.6. The van der Waals surface area contributed by atoms with E-state index < -0.39 is 7.60 Å². The predicted molar refractivity (Wildman–Crippen MR) is 57.5 cm³/mol. The number of alkyl halides is 1. The molecule has 0 spiro atoms. The summed E-state index contributed by atoms with van der Waals surface area (Å²) >= 11 is 2.08. The summed E-state index contributed by atoms with van der Waals surface area (Å²) in [5, 5.41) is 0. The van der Waals surface area contributed by atoms with Crippen molar-refractivity contribution in [2.45, 2.75) is 13.8 Å². The minimum absolute atomic E-state index is 0.354. The molecule has 5 heteroatoms. The standard InChI is InChI=1S/C7H12IO3P/c1-3-10-12(9,11-4-2)7-5-6-8/h3-4,6H2,1-2H3. The van der Waals surface area contributed by atoms with Crippen LogP contribution in [0.3, 0.4) is 0 Å². The molecule has 0 aromatic rings. The topological polar surface area (TPSA) is 35.5 Å². The van der Waals surface area contributed by atoms with Crippen molar-refractivity contribution in [2.75, 3.05) is 17.6 Å². The van der Waals surface area contributed by atoms with Crippen molar-refractivity contribution in [1.82, 2.24) is 0 Å². The quantitative estimate of drug-likeness (QED) is 0.347. The fourth-order valence-corrected chi connectivity index (χ4v) is 2.22. The monoisotopic (exact) mass is 302 g/mol. The lowest BCUT2D eigenvalue weighted by atomic mass is 10.8. The SMILES string of the molecule is CCOP(=O)(C#CCI)OCC. The largest absolute Gasteiger partial charge is 0.405 e. The molecule has 0 aromatic carbocycles. The van der Waals surface area contributed by atoms with E-state index in [1.807, 2.05) is 0 Å². The van der Waals surface area contributed by atoms with Gasteiger partial charge in [-0.25, -0.2) is 4.57 Å². The summed E-state index contributed by atoms with van der Waals surface area (Å²) < 4.78 is 22.0. The van der Waals surface area contributed by atoms with E-state index in [-0.39, 0.29) is 0 Å². The molecule has 0 aromatic heterocycles. The highest BCUT2D eigenvalue weighted by atomic mass is 127. The van der Waals surface area contributed by atoms with Crippen LogP contribution in [-0.4, -0.2) is 17.6 Å². The molecule has 0 amide bonds. The van der Waals surface area contributed by atoms with Gasteiger partial charge in [0.2, 0.25) is 0 Å². The van der Waals surface area contributed by atoms with Crippen LogP contribution < -0.4 is 0 Å². The zero-order valence-electron chi connectivity index (χ0n) is 7.17. The Morgan fingerprint density at radius 1 is 1.33 bits per heavy atom. The molecule has 0 N–H and O–H groups in total. The Morgan fingerprint density at radius 2 is 1.83 bits per heavy atom. The summed E-state index contributed by atoms with van der Waals surface area (Å²) in [4.78, 5) is 0. The van der Waals surface area contributed by atoms with Crippen molar-refractivity contribution >= 4 is 30.2 Å². The van der Waals surface area contributed by atoms with E-state index >= 15 is 0 Å². The maximum Gasteiger partial charge on any atom is 0.405 e. The van der Waals surface area contributed by atoms with Crippen LogP contribution in [0.25, 0.3) is 0 Å². The van der Waals surface area contributed by atoms with Crippen LogP contribution in [0.2, 0.25) is 0 Å². The molecule has 0 aliphatic heterocycles. The van der Waals surface area contributed by atoms with Gasteiger partial charge in [-0.3, -0.25) is 9.05 Å². The molecule has 0 rings (SSSR count). The Balaban J connectivity index is 4.28. The van der Waals surface area contributed by atoms with Gasteiger partial charge in [0.1, 0.15) is 0 Å². The highest BCUT2D eigenvalue weighted by Gasteiger charge is 2.19. The summed E-state index contributed by atoms with van der Waals surface area (Å²) in [6, 6.07) is 0. The Bertz CT molecular complexity index is 208. The van der Waals surface area contributed by atoms with Crippen LogP contribution in [0.1, 0.15) is 13.8 Å². The average Bonchev–Trinajstić information content (AvgIpc) is 2.02.